The summed E-state index contributed by atoms with van der Waals surface area (Å²) >= 11 is 1.72. The predicted octanol–water partition coefficient (Wildman–Crippen LogP) is 2.19. The van der Waals surface area contributed by atoms with Crippen LogP contribution in [-0.2, 0) is 5.75 Å². The first kappa shape index (κ1) is 13.6. The lowest BCUT2D eigenvalue weighted by molar-refractivity contribution is 0.0691. The molecule has 7 nitrogen and oxygen atoms in total. The normalized spacial score (nSPS) is 12.5. The van der Waals surface area contributed by atoms with Gasteiger partial charge in [-0.3, -0.25) is 0 Å². The first-order valence-electron chi connectivity index (χ1n) is 5.83. The van der Waals surface area contributed by atoms with Crippen molar-refractivity contribution in [3.05, 3.63) is 17.8 Å². The minimum Gasteiger partial charge on any atom is -0.476 e. The number of carboxylic acids is 1. The number of thioether (sulfide) groups is 1. The van der Waals surface area contributed by atoms with E-state index in [1.54, 1.807) is 11.8 Å². The lowest BCUT2D eigenvalue weighted by atomic mass is 10.3. The molecule has 0 radical (unpaired) electrons. The molecule has 0 saturated carbocycles. The van der Waals surface area contributed by atoms with E-state index in [4.69, 9.17) is 9.63 Å². The van der Waals surface area contributed by atoms with Crippen molar-refractivity contribution < 1.29 is 14.4 Å². The van der Waals surface area contributed by atoms with Crippen LogP contribution in [0.1, 0.15) is 36.6 Å². The molecule has 2 aromatic rings. The number of hydrogen-bond donors (Lipinski definition) is 2. The number of aromatic nitrogens is 4. The summed E-state index contributed by atoms with van der Waals surface area (Å²) in [4.78, 5) is 21.5. The zero-order valence-corrected chi connectivity index (χ0v) is 11.4. The maximum absolute atomic E-state index is 10.9. The van der Waals surface area contributed by atoms with Gasteiger partial charge in [0.1, 0.15) is 5.69 Å². The van der Waals surface area contributed by atoms with Crippen LogP contribution >= 0.6 is 11.8 Å². The number of H-pyrrole nitrogens is 1. The topological polar surface area (TPSA) is 105 Å². The van der Waals surface area contributed by atoms with Crippen LogP contribution in [0.25, 0.3) is 11.6 Å². The van der Waals surface area contributed by atoms with Crippen molar-refractivity contribution in [2.75, 3.05) is 0 Å². The van der Waals surface area contributed by atoms with Crippen molar-refractivity contribution in [3.63, 3.8) is 0 Å². The zero-order chi connectivity index (χ0) is 13.8. The van der Waals surface area contributed by atoms with Gasteiger partial charge in [0.2, 0.25) is 0 Å². The number of imidazole rings is 1. The molecule has 0 aliphatic rings. The van der Waals surface area contributed by atoms with Crippen LogP contribution < -0.4 is 0 Å². The van der Waals surface area contributed by atoms with Gasteiger partial charge in [0.15, 0.2) is 11.5 Å². The molecule has 102 valence electrons. The highest BCUT2D eigenvalue weighted by Gasteiger charge is 2.20. The highest BCUT2D eigenvalue weighted by Crippen LogP contribution is 2.22. The van der Waals surface area contributed by atoms with Gasteiger partial charge in [-0.2, -0.15) is 16.7 Å². The first-order valence-corrected chi connectivity index (χ1v) is 6.88. The fraction of sp³-hybridized carbons (Fsp3) is 0.455. The fourth-order valence-electron chi connectivity index (χ4n) is 1.37. The zero-order valence-electron chi connectivity index (χ0n) is 10.6. The van der Waals surface area contributed by atoms with Crippen molar-refractivity contribution in [2.45, 2.75) is 31.3 Å². The number of nitrogens with zero attached hydrogens (tertiary/aromatic N) is 3. The summed E-state index contributed by atoms with van der Waals surface area (Å²) in [5.41, 5.74) is 0.115. The summed E-state index contributed by atoms with van der Waals surface area (Å²) in [5.74, 6) is 0.195. The van der Waals surface area contributed by atoms with Crippen molar-refractivity contribution in [1.29, 1.82) is 0 Å². The Labute approximate surface area is 113 Å². The molecule has 0 fully saturated rings. The van der Waals surface area contributed by atoms with Gasteiger partial charge in [0.05, 0.1) is 12.1 Å². The van der Waals surface area contributed by atoms with E-state index >= 15 is 0 Å². The molecular formula is C11H14N4O3S. The molecule has 0 aliphatic heterocycles. The number of nitrogens with one attached hydrogen (secondary N) is 1. The van der Waals surface area contributed by atoms with Crippen LogP contribution in [0.2, 0.25) is 0 Å². The number of carboxylic acid groups (broad SMARTS) is 1. The maximum Gasteiger partial charge on any atom is 0.356 e. The second-order valence-corrected chi connectivity index (χ2v) is 5.40. The fourth-order valence-corrected chi connectivity index (χ4v) is 2.15. The Kier molecular flexibility index (Phi) is 4.20. The minimum absolute atomic E-state index is 0.121. The first-order chi connectivity index (χ1) is 9.11. The summed E-state index contributed by atoms with van der Waals surface area (Å²) in [7, 11) is 0. The van der Waals surface area contributed by atoms with Gasteiger partial charge >= 0.3 is 5.97 Å². The lowest BCUT2D eigenvalue weighted by Crippen LogP contribution is -1.99. The molecule has 1 unspecified atom stereocenters. The number of aromatic carboxylic acids is 1. The Balaban J connectivity index is 2.12. The molecular weight excluding hydrogens is 268 g/mol. The van der Waals surface area contributed by atoms with Crippen LogP contribution in [0, 0.1) is 0 Å². The van der Waals surface area contributed by atoms with E-state index in [1.807, 2.05) is 0 Å². The SMILES string of the molecule is CCC(C)SCc1noc(-c2[nH]cnc2C(=O)O)n1. The summed E-state index contributed by atoms with van der Waals surface area (Å²) in [6.07, 6.45) is 2.36. The van der Waals surface area contributed by atoms with E-state index in [1.165, 1.54) is 6.33 Å². The molecule has 0 saturated heterocycles. The average Bonchev–Trinajstić information content (AvgIpc) is 3.03. The number of rotatable bonds is 6. The number of hydrogen-bond acceptors (Lipinski definition) is 6. The Morgan fingerprint density at radius 3 is 3.11 bits per heavy atom. The highest BCUT2D eigenvalue weighted by molar-refractivity contribution is 7.99. The van der Waals surface area contributed by atoms with Crippen molar-refractivity contribution in [3.8, 4) is 11.6 Å². The summed E-state index contributed by atoms with van der Waals surface area (Å²) in [6.45, 7) is 4.24. The average molecular weight is 282 g/mol. The largest absolute Gasteiger partial charge is 0.476 e. The monoisotopic (exact) mass is 282 g/mol. The smallest absolute Gasteiger partial charge is 0.356 e. The molecule has 2 rings (SSSR count). The van der Waals surface area contributed by atoms with Gasteiger partial charge in [-0.05, 0) is 6.42 Å². The third-order valence-corrected chi connectivity index (χ3v) is 3.92. The van der Waals surface area contributed by atoms with Gasteiger partial charge in [-0.25, -0.2) is 9.78 Å². The van der Waals surface area contributed by atoms with E-state index < -0.39 is 5.97 Å². The predicted molar refractivity (Wildman–Crippen MR) is 69.9 cm³/mol. The Bertz CT molecular complexity index is 566. The highest BCUT2D eigenvalue weighted by atomic mass is 32.2. The molecule has 8 heteroatoms. The molecule has 1 atom stereocenters. The van der Waals surface area contributed by atoms with Gasteiger partial charge in [0, 0.05) is 5.25 Å². The molecule has 0 amide bonds. The van der Waals surface area contributed by atoms with Gasteiger partial charge < -0.3 is 14.6 Å². The quantitative estimate of drug-likeness (QED) is 0.836. The third-order valence-electron chi connectivity index (χ3n) is 2.60. The van der Waals surface area contributed by atoms with Crippen molar-refractivity contribution >= 4 is 17.7 Å². The van der Waals surface area contributed by atoms with E-state index in [-0.39, 0.29) is 17.3 Å². The molecule has 0 spiro atoms. The molecule has 0 aliphatic carbocycles. The molecule has 2 heterocycles. The van der Waals surface area contributed by atoms with Crippen LogP contribution in [0.4, 0.5) is 0 Å². The summed E-state index contributed by atoms with van der Waals surface area (Å²) in [5, 5.41) is 13.3. The Hall–Kier alpha value is -1.83. The standard InChI is InChI=1S/C11H14N4O3S/c1-3-6(2)19-4-7-14-10(18-15-7)8-9(11(16)17)13-5-12-8/h5-6H,3-4H2,1-2H3,(H,12,13)(H,16,17). The molecule has 2 N–H and O–H groups in total. The molecule has 0 bridgehead atoms. The minimum atomic E-state index is -1.13. The number of aromatic amines is 1. The summed E-state index contributed by atoms with van der Waals surface area (Å²) < 4.78 is 5.06. The van der Waals surface area contributed by atoms with Gasteiger partial charge in [-0.15, -0.1) is 0 Å². The van der Waals surface area contributed by atoms with E-state index in [9.17, 15) is 4.79 Å². The number of carbonyl (C=O) groups is 1. The van der Waals surface area contributed by atoms with Gasteiger partial charge in [0.25, 0.3) is 5.89 Å². The molecule has 19 heavy (non-hydrogen) atoms. The van der Waals surface area contributed by atoms with E-state index in [0.29, 0.717) is 16.8 Å². The van der Waals surface area contributed by atoms with E-state index in [0.717, 1.165) is 6.42 Å². The van der Waals surface area contributed by atoms with Gasteiger partial charge in [-0.1, -0.05) is 19.0 Å². The summed E-state index contributed by atoms with van der Waals surface area (Å²) in [6, 6.07) is 0. The maximum atomic E-state index is 10.9. The van der Waals surface area contributed by atoms with Crippen LogP contribution in [0.5, 0.6) is 0 Å². The Morgan fingerprint density at radius 2 is 2.42 bits per heavy atom. The molecule has 0 aromatic carbocycles. The van der Waals surface area contributed by atoms with Crippen molar-refractivity contribution in [2.24, 2.45) is 0 Å². The second kappa shape index (κ2) is 5.87. The van der Waals surface area contributed by atoms with Crippen LogP contribution in [-0.4, -0.2) is 36.4 Å². The third kappa shape index (κ3) is 3.14. The van der Waals surface area contributed by atoms with E-state index in [2.05, 4.69) is 34.0 Å². The Morgan fingerprint density at radius 1 is 1.63 bits per heavy atom. The van der Waals surface area contributed by atoms with Crippen LogP contribution in [0.3, 0.4) is 0 Å². The van der Waals surface area contributed by atoms with Crippen molar-refractivity contribution in [1.82, 2.24) is 20.1 Å². The molecule has 2 aromatic heterocycles. The lowest BCUT2D eigenvalue weighted by Gasteiger charge is -2.04. The second-order valence-electron chi connectivity index (χ2n) is 3.98. The van der Waals surface area contributed by atoms with Crippen LogP contribution in [0.15, 0.2) is 10.9 Å².